The lowest BCUT2D eigenvalue weighted by molar-refractivity contribution is 0.102. The van der Waals surface area contributed by atoms with Crippen molar-refractivity contribution in [3.05, 3.63) is 28.5 Å². The third-order valence-corrected chi connectivity index (χ3v) is 3.76. The SMILES string of the molecule is CCn1cc(Br)c(C(=O)Nc2cc(OC)c(OC)c(OC)c2)n1. The van der Waals surface area contributed by atoms with E-state index in [1.165, 1.54) is 21.3 Å². The summed E-state index contributed by atoms with van der Waals surface area (Å²) in [7, 11) is 4.55. The van der Waals surface area contributed by atoms with Crippen LogP contribution in [0.15, 0.2) is 22.8 Å². The maximum absolute atomic E-state index is 12.4. The third-order valence-electron chi connectivity index (χ3n) is 3.18. The maximum Gasteiger partial charge on any atom is 0.277 e. The lowest BCUT2D eigenvalue weighted by Crippen LogP contribution is -2.14. The number of nitrogens with one attached hydrogen (secondary N) is 1. The molecule has 0 saturated carbocycles. The highest BCUT2D eigenvalue weighted by atomic mass is 79.9. The molecule has 0 fully saturated rings. The Hall–Kier alpha value is -2.22. The normalized spacial score (nSPS) is 10.3. The van der Waals surface area contributed by atoms with Gasteiger partial charge in [-0.2, -0.15) is 5.10 Å². The molecule has 2 rings (SSSR count). The molecule has 1 heterocycles. The predicted molar refractivity (Wildman–Crippen MR) is 89.7 cm³/mol. The van der Waals surface area contributed by atoms with Crippen LogP contribution in [0.2, 0.25) is 0 Å². The summed E-state index contributed by atoms with van der Waals surface area (Å²) in [6, 6.07) is 3.31. The first kappa shape index (κ1) is 17.1. The van der Waals surface area contributed by atoms with Gasteiger partial charge in [0, 0.05) is 30.6 Å². The summed E-state index contributed by atoms with van der Waals surface area (Å²) in [5.41, 5.74) is 0.822. The van der Waals surface area contributed by atoms with Crippen LogP contribution >= 0.6 is 15.9 Å². The first-order valence-corrected chi connectivity index (χ1v) is 7.67. The molecule has 0 saturated heterocycles. The van der Waals surface area contributed by atoms with E-state index in [1.54, 1.807) is 23.0 Å². The van der Waals surface area contributed by atoms with E-state index >= 15 is 0 Å². The van der Waals surface area contributed by atoms with Crippen molar-refractivity contribution in [1.82, 2.24) is 9.78 Å². The summed E-state index contributed by atoms with van der Waals surface area (Å²) in [6.45, 7) is 2.62. The molecule has 1 aromatic carbocycles. The Bertz CT molecular complexity index is 690. The monoisotopic (exact) mass is 383 g/mol. The Morgan fingerprint density at radius 2 is 1.83 bits per heavy atom. The average molecular weight is 384 g/mol. The highest BCUT2D eigenvalue weighted by Gasteiger charge is 2.18. The molecule has 1 N–H and O–H groups in total. The maximum atomic E-state index is 12.4. The number of ether oxygens (including phenoxy) is 3. The Balaban J connectivity index is 2.32. The number of hydrogen-bond acceptors (Lipinski definition) is 5. The van der Waals surface area contributed by atoms with Crippen molar-refractivity contribution in [2.24, 2.45) is 0 Å². The zero-order chi connectivity index (χ0) is 17.0. The van der Waals surface area contributed by atoms with Gasteiger partial charge in [-0.25, -0.2) is 0 Å². The van der Waals surface area contributed by atoms with E-state index in [9.17, 15) is 4.79 Å². The standard InChI is InChI=1S/C15H18BrN3O4/c1-5-19-8-10(16)13(18-19)15(20)17-9-6-11(21-2)14(23-4)12(7-9)22-3/h6-8H,5H2,1-4H3,(H,17,20). The number of anilines is 1. The summed E-state index contributed by atoms with van der Waals surface area (Å²) in [6.07, 6.45) is 1.75. The number of hydrogen-bond donors (Lipinski definition) is 1. The topological polar surface area (TPSA) is 74.6 Å². The molecular formula is C15H18BrN3O4. The molecule has 0 unspecified atom stereocenters. The number of carbonyl (C=O) groups is 1. The fourth-order valence-corrected chi connectivity index (χ4v) is 2.55. The Morgan fingerprint density at radius 3 is 2.26 bits per heavy atom. The zero-order valence-corrected chi connectivity index (χ0v) is 14.9. The van der Waals surface area contributed by atoms with Crippen molar-refractivity contribution >= 4 is 27.5 Å². The Labute approximate surface area is 142 Å². The van der Waals surface area contributed by atoms with Gasteiger partial charge < -0.3 is 19.5 Å². The fourth-order valence-electron chi connectivity index (χ4n) is 2.06. The first-order valence-electron chi connectivity index (χ1n) is 6.88. The van der Waals surface area contributed by atoms with Crippen LogP contribution < -0.4 is 19.5 Å². The number of aryl methyl sites for hydroxylation is 1. The van der Waals surface area contributed by atoms with E-state index in [1.807, 2.05) is 6.92 Å². The summed E-state index contributed by atoms with van der Waals surface area (Å²) in [5.74, 6) is 1.04. The summed E-state index contributed by atoms with van der Waals surface area (Å²) in [4.78, 5) is 12.4. The van der Waals surface area contributed by atoms with Crippen molar-refractivity contribution in [2.45, 2.75) is 13.5 Å². The van der Waals surface area contributed by atoms with Gasteiger partial charge in [-0.05, 0) is 22.9 Å². The molecule has 0 bridgehead atoms. The minimum absolute atomic E-state index is 0.306. The highest BCUT2D eigenvalue weighted by Crippen LogP contribution is 2.40. The molecule has 0 aliphatic heterocycles. The predicted octanol–water partition coefficient (Wildman–Crippen LogP) is 2.94. The van der Waals surface area contributed by atoms with E-state index in [2.05, 4.69) is 26.3 Å². The van der Waals surface area contributed by atoms with Gasteiger partial charge in [-0.1, -0.05) is 0 Å². The summed E-state index contributed by atoms with van der Waals surface area (Å²) >= 11 is 3.34. The van der Waals surface area contributed by atoms with Crippen LogP contribution in [0, 0.1) is 0 Å². The van der Waals surface area contributed by atoms with Crippen LogP contribution in [0.3, 0.4) is 0 Å². The molecule has 0 aliphatic rings. The molecule has 23 heavy (non-hydrogen) atoms. The lowest BCUT2D eigenvalue weighted by atomic mass is 10.2. The molecule has 0 spiro atoms. The Kier molecular flexibility index (Phi) is 5.49. The number of rotatable bonds is 6. The minimum Gasteiger partial charge on any atom is -0.493 e. The van der Waals surface area contributed by atoms with Crippen molar-refractivity contribution in [1.29, 1.82) is 0 Å². The summed E-state index contributed by atoms with van der Waals surface area (Å²) in [5, 5.41) is 6.99. The van der Waals surface area contributed by atoms with Crippen molar-refractivity contribution in [3.63, 3.8) is 0 Å². The van der Waals surface area contributed by atoms with E-state index in [0.717, 1.165) is 0 Å². The van der Waals surface area contributed by atoms with Crippen LogP contribution in [0.25, 0.3) is 0 Å². The van der Waals surface area contributed by atoms with Gasteiger partial charge in [-0.15, -0.1) is 0 Å². The van der Waals surface area contributed by atoms with Gasteiger partial charge in [0.1, 0.15) is 0 Å². The minimum atomic E-state index is -0.335. The third kappa shape index (κ3) is 3.58. The molecule has 8 heteroatoms. The number of aromatic nitrogens is 2. The van der Waals surface area contributed by atoms with Crippen molar-refractivity contribution < 1.29 is 19.0 Å². The van der Waals surface area contributed by atoms with Crippen molar-refractivity contribution in [2.75, 3.05) is 26.6 Å². The highest BCUT2D eigenvalue weighted by molar-refractivity contribution is 9.10. The molecule has 1 aromatic heterocycles. The number of amides is 1. The molecule has 0 atom stereocenters. The van der Waals surface area contributed by atoms with Crippen LogP contribution in [-0.4, -0.2) is 37.0 Å². The number of nitrogens with zero attached hydrogens (tertiary/aromatic N) is 2. The lowest BCUT2D eigenvalue weighted by Gasteiger charge is -2.14. The van der Waals surface area contributed by atoms with E-state index in [4.69, 9.17) is 14.2 Å². The molecule has 0 aliphatic carbocycles. The smallest absolute Gasteiger partial charge is 0.277 e. The van der Waals surface area contributed by atoms with Gasteiger partial charge in [0.15, 0.2) is 17.2 Å². The number of methoxy groups -OCH3 is 3. The number of carbonyl (C=O) groups excluding carboxylic acids is 1. The van der Waals surface area contributed by atoms with Gasteiger partial charge in [-0.3, -0.25) is 9.48 Å². The molecule has 124 valence electrons. The molecule has 2 aromatic rings. The molecular weight excluding hydrogens is 366 g/mol. The Morgan fingerprint density at radius 1 is 1.22 bits per heavy atom. The van der Waals surface area contributed by atoms with E-state index in [0.29, 0.717) is 39.6 Å². The van der Waals surface area contributed by atoms with E-state index in [-0.39, 0.29) is 5.91 Å². The van der Waals surface area contributed by atoms with Crippen LogP contribution in [-0.2, 0) is 6.54 Å². The number of halogens is 1. The first-order chi connectivity index (χ1) is 11.0. The zero-order valence-electron chi connectivity index (χ0n) is 13.3. The van der Waals surface area contributed by atoms with Crippen molar-refractivity contribution in [3.8, 4) is 17.2 Å². The van der Waals surface area contributed by atoms with Gasteiger partial charge in [0.05, 0.1) is 25.8 Å². The second kappa shape index (κ2) is 7.36. The second-order valence-corrected chi connectivity index (χ2v) is 5.40. The van der Waals surface area contributed by atoms with Crippen LogP contribution in [0.1, 0.15) is 17.4 Å². The van der Waals surface area contributed by atoms with E-state index < -0.39 is 0 Å². The van der Waals surface area contributed by atoms with Gasteiger partial charge in [0.2, 0.25) is 5.75 Å². The molecule has 0 radical (unpaired) electrons. The quantitative estimate of drug-likeness (QED) is 0.829. The van der Waals surface area contributed by atoms with Crippen LogP contribution in [0.4, 0.5) is 5.69 Å². The van der Waals surface area contributed by atoms with Gasteiger partial charge >= 0.3 is 0 Å². The fraction of sp³-hybridized carbons (Fsp3) is 0.333. The van der Waals surface area contributed by atoms with Gasteiger partial charge in [0.25, 0.3) is 5.91 Å². The number of benzene rings is 1. The average Bonchev–Trinajstić information content (AvgIpc) is 2.94. The molecule has 7 nitrogen and oxygen atoms in total. The molecule has 1 amide bonds. The second-order valence-electron chi connectivity index (χ2n) is 4.55. The largest absolute Gasteiger partial charge is 0.493 e. The summed E-state index contributed by atoms with van der Waals surface area (Å²) < 4.78 is 18.1. The van der Waals surface area contributed by atoms with Crippen LogP contribution in [0.5, 0.6) is 17.2 Å².